The van der Waals surface area contributed by atoms with Gasteiger partial charge in [-0.15, -0.1) is 0 Å². The van der Waals surface area contributed by atoms with E-state index in [1.165, 1.54) is 15.7 Å². The minimum atomic E-state index is 0.483. The van der Waals surface area contributed by atoms with Crippen molar-refractivity contribution in [2.75, 3.05) is 12.3 Å². The average Bonchev–Trinajstić information content (AvgIpc) is 3.04. The number of fused-ring (bicyclic) bond motifs is 2. The lowest BCUT2D eigenvalue weighted by Crippen LogP contribution is -2.24. The fourth-order valence-electron chi connectivity index (χ4n) is 3.36. The maximum absolute atomic E-state index is 6.11. The Bertz CT molecular complexity index is 1100. The molecule has 0 unspecified atom stereocenters. The number of nitrogen functional groups attached to an aromatic ring is 1. The fraction of sp³-hybridized carbons (Fsp3) is 0.273. The summed E-state index contributed by atoms with van der Waals surface area (Å²) in [6, 6.07) is 17.3. The Labute approximate surface area is 169 Å². The van der Waals surface area contributed by atoms with Crippen LogP contribution in [0.1, 0.15) is 20.3 Å². The fourth-order valence-corrected chi connectivity index (χ4v) is 4.43. The lowest BCUT2D eigenvalue weighted by molar-refractivity contribution is 0.526. The molecule has 4 rings (SSSR count). The van der Waals surface area contributed by atoms with E-state index >= 15 is 0 Å². The molecule has 0 fully saturated rings. The largest absolute Gasteiger partial charge is 0.382 e. The van der Waals surface area contributed by atoms with Crippen molar-refractivity contribution in [2.45, 2.75) is 42.9 Å². The number of rotatable bonds is 7. The van der Waals surface area contributed by atoms with Crippen molar-refractivity contribution in [1.29, 1.82) is 0 Å². The molecule has 4 aromatic rings. The van der Waals surface area contributed by atoms with Crippen LogP contribution in [-0.4, -0.2) is 27.1 Å². The summed E-state index contributed by atoms with van der Waals surface area (Å²) in [5.41, 5.74) is 7.93. The smallest absolute Gasteiger partial charge is 0.174 e. The minimum Gasteiger partial charge on any atom is -0.382 e. The van der Waals surface area contributed by atoms with Gasteiger partial charge >= 0.3 is 0 Å². The summed E-state index contributed by atoms with van der Waals surface area (Å²) >= 11 is 1.69. The van der Waals surface area contributed by atoms with Crippen molar-refractivity contribution in [2.24, 2.45) is 0 Å². The van der Waals surface area contributed by atoms with Crippen LogP contribution in [-0.2, 0) is 6.54 Å². The van der Waals surface area contributed by atoms with E-state index < -0.39 is 0 Å². The highest BCUT2D eigenvalue weighted by Gasteiger charge is 2.15. The molecular weight excluding hydrogens is 366 g/mol. The molecule has 2 aromatic carbocycles. The molecule has 28 heavy (non-hydrogen) atoms. The second-order valence-corrected chi connectivity index (χ2v) is 8.16. The van der Waals surface area contributed by atoms with Crippen LogP contribution in [0.2, 0.25) is 0 Å². The van der Waals surface area contributed by atoms with Crippen LogP contribution in [0.15, 0.2) is 64.8 Å². The molecule has 0 spiro atoms. The lowest BCUT2D eigenvalue weighted by Gasteiger charge is -2.12. The first-order chi connectivity index (χ1) is 13.6. The van der Waals surface area contributed by atoms with Gasteiger partial charge in [0.1, 0.15) is 5.52 Å². The van der Waals surface area contributed by atoms with E-state index in [2.05, 4.69) is 71.2 Å². The highest BCUT2D eigenvalue weighted by Crippen LogP contribution is 2.35. The summed E-state index contributed by atoms with van der Waals surface area (Å²) in [6.07, 6.45) is 2.78. The number of pyridine rings is 1. The van der Waals surface area contributed by atoms with Crippen molar-refractivity contribution in [1.82, 2.24) is 19.9 Å². The first kappa shape index (κ1) is 18.8. The second kappa shape index (κ2) is 8.20. The number of nitrogens with zero attached hydrogens (tertiary/aromatic N) is 3. The highest BCUT2D eigenvalue weighted by molar-refractivity contribution is 7.99. The zero-order valence-corrected chi connectivity index (χ0v) is 17.0. The Morgan fingerprint density at radius 3 is 2.79 bits per heavy atom. The third-order valence-electron chi connectivity index (χ3n) is 4.72. The molecule has 0 atom stereocenters. The Balaban J connectivity index is 1.71. The molecule has 3 N–H and O–H groups in total. The van der Waals surface area contributed by atoms with Gasteiger partial charge in [0.15, 0.2) is 11.0 Å². The van der Waals surface area contributed by atoms with Gasteiger partial charge in [-0.2, -0.15) is 0 Å². The van der Waals surface area contributed by atoms with Crippen molar-refractivity contribution in [3.63, 3.8) is 0 Å². The van der Waals surface area contributed by atoms with E-state index in [1.54, 1.807) is 18.0 Å². The Morgan fingerprint density at radius 2 is 1.93 bits per heavy atom. The second-order valence-electron chi connectivity index (χ2n) is 7.15. The van der Waals surface area contributed by atoms with Crippen molar-refractivity contribution in [3.05, 3.63) is 54.7 Å². The topological polar surface area (TPSA) is 68.8 Å². The Hall–Kier alpha value is -2.57. The van der Waals surface area contributed by atoms with Crippen LogP contribution in [0.3, 0.4) is 0 Å². The maximum Gasteiger partial charge on any atom is 0.174 e. The minimum absolute atomic E-state index is 0.483. The third kappa shape index (κ3) is 3.84. The SMILES string of the molecule is CC(C)NCCCn1c(Sc2cccc3ccccc23)nc2c(N)nccc21. The molecule has 2 heterocycles. The summed E-state index contributed by atoms with van der Waals surface area (Å²) < 4.78 is 2.27. The molecule has 144 valence electrons. The molecule has 0 aliphatic rings. The van der Waals surface area contributed by atoms with E-state index in [-0.39, 0.29) is 0 Å². The van der Waals surface area contributed by atoms with E-state index in [4.69, 9.17) is 10.7 Å². The van der Waals surface area contributed by atoms with Crippen molar-refractivity contribution >= 4 is 39.4 Å². The monoisotopic (exact) mass is 391 g/mol. The molecule has 6 heteroatoms. The molecule has 5 nitrogen and oxygen atoms in total. The van der Waals surface area contributed by atoms with Crippen LogP contribution in [0.4, 0.5) is 5.82 Å². The van der Waals surface area contributed by atoms with Gasteiger partial charge in [0, 0.05) is 23.7 Å². The molecule has 0 aliphatic heterocycles. The predicted molar refractivity (Wildman–Crippen MR) is 118 cm³/mol. The Kier molecular flexibility index (Phi) is 5.50. The molecular formula is C22H25N5S. The number of anilines is 1. The van der Waals surface area contributed by atoms with E-state index in [1.807, 2.05) is 6.07 Å². The molecule has 0 bridgehead atoms. The van der Waals surface area contributed by atoms with Crippen LogP contribution < -0.4 is 11.1 Å². The van der Waals surface area contributed by atoms with Crippen LogP contribution in [0.25, 0.3) is 21.8 Å². The summed E-state index contributed by atoms with van der Waals surface area (Å²) in [5.74, 6) is 0.483. The Morgan fingerprint density at radius 1 is 1.11 bits per heavy atom. The van der Waals surface area contributed by atoms with Gasteiger partial charge in [-0.3, -0.25) is 0 Å². The average molecular weight is 392 g/mol. The number of imidazole rings is 1. The van der Waals surface area contributed by atoms with E-state index in [0.29, 0.717) is 11.9 Å². The summed E-state index contributed by atoms with van der Waals surface area (Å²) in [5, 5.41) is 6.91. The van der Waals surface area contributed by atoms with Gasteiger partial charge in [-0.05, 0) is 35.9 Å². The molecule has 0 aliphatic carbocycles. The molecule has 0 radical (unpaired) electrons. The number of nitrogens with two attached hydrogens (primary N) is 1. The third-order valence-corrected chi connectivity index (χ3v) is 5.79. The van der Waals surface area contributed by atoms with Gasteiger partial charge in [0.25, 0.3) is 0 Å². The number of hydrogen-bond acceptors (Lipinski definition) is 5. The molecule has 0 saturated carbocycles. The number of nitrogens with one attached hydrogen (secondary N) is 1. The zero-order valence-electron chi connectivity index (χ0n) is 16.2. The van der Waals surface area contributed by atoms with Crippen molar-refractivity contribution < 1.29 is 0 Å². The molecule has 0 saturated heterocycles. The maximum atomic E-state index is 6.11. The summed E-state index contributed by atoms with van der Waals surface area (Å²) in [7, 11) is 0. The quantitative estimate of drug-likeness (QED) is 0.447. The standard InChI is InChI=1S/C22H25N5S/c1-15(2)24-12-6-14-27-18-11-13-25-21(23)20(18)26-22(27)28-19-10-5-8-16-7-3-4-9-17(16)19/h3-5,7-11,13,15,24H,6,12,14H2,1-2H3,(H2,23,25). The normalized spacial score (nSPS) is 11.7. The van der Waals surface area contributed by atoms with Gasteiger partial charge in [0.2, 0.25) is 0 Å². The van der Waals surface area contributed by atoms with Gasteiger partial charge in [-0.25, -0.2) is 9.97 Å². The highest BCUT2D eigenvalue weighted by atomic mass is 32.2. The number of benzene rings is 2. The summed E-state index contributed by atoms with van der Waals surface area (Å²) in [6.45, 7) is 6.19. The summed E-state index contributed by atoms with van der Waals surface area (Å²) in [4.78, 5) is 10.3. The van der Waals surface area contributed by atoms with Crippen LogP contribution in [0.5, 0.6) is 0 Å². The van der Waals surface area contributed by atoms with Crippen LogP contribution in [0, 0.1) is 0 Å². The van der Waals surface area contributed by atoms with Gasteiger partial charge in [-0.1, -0.05) is 62.0 Å². The van der Waals surface area contributed by atoms with Gasteiger partial charge < -0.3 is 15.6 Å². The molecule has 2 aromatic heterocycles. The van der Waals surface area contributed by atoms with E-state index in [9.17, 15) is 0 Å². The first-order valence-corrected chi connectivity index (χ1v) is 10.4. The van der Waals surface area contributed by atoms with Crippen LogP contribution >= 0.6 is 11.8 Å². The lowest BCUT2D eigenvalue weighted by atomic mass is 10.1. The van der Waals surface area contributed by atoms with Gasteiger partial charge in [0.05, 0.1) is 5.52 Å². The molecule has 0 amide bonds. The predicted octanol–water partition coefficient (Wildman–Crippen LogP) is 4.71. The van der Waals surface area contributed by atoms with Crippen molar-refractivity contribution in [3.8, 4) is 0 Å². The number of hydrogen-bond donors (Lipinski definition) is 2. The number of aromatic nitrogens is 3. The number of aryl methyl sites for hydroxylation is 1. The van der Waals surface area contributed by atoms with E-state index in [0.717, 1.165) is 35.7 Å². The zero-order chi connectivity index (χ0) is 19.5. The first-order valence-electron chi connectivity index (χ1n) is 9.63.